The smallest absolute Gasteiger partial charge is 0.0183 e. The summed E-state index contributed by atoms with van der Waals surface area (Å²) in [5.74, 6) is 0. The van der Waals surface area contributed by atoms with Crippen molar-refractivity contribution in [2.24, 2.45) is 0 Å². The standard InChI is InChI=1S/C26H25N/c1-5-10-25(26-12-9-8-11-24(26)19-20(4)6-2)23-15-13-22(14-16-23)21(7-3)17-18-27/h5-19,27H,1-3H2,4H3/b20-19+,21-17+,25-10+,27-18?. The van der Waals surface area contributed by atoms with E-state index in [-0.39, 0.29) is 0 Å². The molecule has 0 atom stereocenters. The minimum Gasteiger partial charge on any atom is -0.309 e. The van der Waals surface area contributed by atoms with Crippen LogP contribution in [0.1, 0.15) is 29.2 Å². The number of nitrogens with one attached hydrogen (secondary N) is 1. The zero-order valence-corrected chi connectivity index (χ0v) is 15.8. The second-order valence-corrected chi connectivity index (χ2v) is 6.07. The van der Waals surface area contributed by atoms with Gasteiger partial charge in [0.2, 0.25) is 0 Å². The highest BCUT2D eigenvalue weighted by atomic mass is 14.3. The van der Waals surface area contributed by atoms with Crippen molar-refractivity contribution in [3.05, 3.63) is 126 Å². The Balaban J connectivity index is 2.55. The minimum atomic E-state index is 0.927. The first-order chi connectivity index (χ1) is 13.1. The van der Waals surface area contributed by atoms with E-state index in [1.54, 1.807) is 12.2 Å². The van der Waals surface area contributed by atoms with Crippen molar-refractivity contribution in [1.29, 1.82) is 5.41 Å². The zero-order valence-electron chi connectivity index (χ0n) is 15.8. The molecule has 0 radical (unpaired) electrons. The fourth-order valence-electron chi connectivity index (χ4n) is 2.85. The van der Waals surface area contributed by atoms with Gasteiger partial charge >= 0.3 is 0 Å². The van der Waals surface area contributed by atoms with Gasteiger partial charge in [-0.2, -0.15) is 0 Å². The van der Waals surface area contributed by atoms with Crippen LogP contribution < -0.4 is 0 Å². The monoisotopic (exact) mass is 351 g/mol. The summed E-state index contributed by atoms with van der Waals surface area (Å²) < 4.78 is 0. The van der Waals surface area contributed by atoms with Gasteiger partial charge in [-0.05, 0) is 46.4 Å². The number of allylic oxidation sites excluding steroid dienone is 7. The number of benzene rings is 2. The first-order valence-electron chi connectivity index (χ1n) is 8.81. The summed E-state index contributed by atoms with van der Waals surface area (Å²) in [5, 5.41) is 7.28. The lowest BCUT2D eigenvalue weighted by Crippen LogP contribution is -1.93. The molecule has 134 valence electrons. The Bertz CT molecular complexity index is 934. The fourth-order valence-corrected chi connectivity index (χ4v) is 2.85. The highest BCUT2D eigenvalue weighted by Crippen LogP contribution is 2.29. The maximum absolute atomic E-state index is 7.28. The lowest BCUT2D eigenvalue weighted by Gasteiger charge is -2.13. The molecule has 0 saturated heterocycles. The highest BCUT2D eigenvalue weighted by Gasteiger charge is 2.09. The third-order valence-corrected chi connectivity index (χ3v) is 4.25. The van der Waals surface area contributed by atoms with Crippen molar-refractivity contribution in [2.75, 3.05) is 0 Å². The van der Waals surface area contributed by atoms with Gasteiger partial charge in [-0.25, -0.2) is 0 Å². The number of hydrogen-bond acceptors (Lipinski definition) is 1. The molecule has 0 bridgehead atoms. The van der Waals surface area contributed by atoms with Gasteiger partial charge in [0, 0.05) is 6.21 Å². The van der Waals surface area contributed by atoms with E-state index >= 15 is 0 Å². The van der Waals surface area contributed by atoms with E-state index in [9.17, 15) is 0 Å². The van der Waals surface area contributed by atoms with Crippen molar-refractivity contribution >= 4 is 23.4 Å². The molecule has 0 aliphatic rings. The van der Waals surface area contributed by atoms with Gasteiger partial charge in [0.25, 0.3) is 0 Å². The maximum atomic E-state index is 7.28. The van der Waals surface area contributed by atoms with Crippen molar-refractivity contribution in [1.82, 2.24) is 0 Å². The fraction of sp³-hybridized carbons (Fsp3) is 0.0385. The molecule has 1 heteroatoms. The molecule has 1 N–H and O–H groups in total. The zero-order chi connectivity index (χ0) is 19.6. The minimum absolute atomic E-state index is 0.927. The first kappa shape index (κ1) is 19.9. The van der Waals surface area contributed by atoms with Crippen LogP contribution in [0.2, 0.25) is 0 Å². The molecule has 1 nitrogen and oxygen atoms in total. The number of rotatable bonds is 8. The Hall–Kier alpha value is -3.45. The van der Waals surface area contributed by atoms with Crippen LogP contribution in [0.25, 0.3) is 17.2 Å². The van der Waals surface area contributed by atoms with E-state index < -0.39 is 0 Å². The van der Waals surface area contributed by atoms with Gasteiger partial charge in [-0.15, -0.1) is 0 Å². The van der Waals surface area contributed by atoms with Crippen LogP contribution in [0.5, 0.6) is 0 Å². The van der Waals surface area contributed by atoms with E-state index in [1.807, 2.05) is 37.3 Å². The van der Waals surface area contributed by atoms with Crippen LogP contribution in [0.4, 0.5) is 0 Å². The van der Waals surface area contributed by atoms with Crippen LogP contribution in [0.15, 0.2) is 104 Å². The Labute approximate surface area is 162 Å². The van der Waals surface area contributed by atoms with Crippen LogP contribution >= 0.6 is 0 Å². The summed E-state index contributed by atoms with van der Waals surface area (Å²) in [6, 6.07) is 16.6. The summed E-state index contributed by atoms with van der Waals surface area (Å²) in [6.45, 7) is 13.6. The van der Waals surface area contributed by atoms with Gasteiger partial charge < -0.3 is 5.41 Å². The number of hydrogen-bond donors (Lipinski definition) is 1. The van der Waals surface area contributed by atoms with E-state index in [2.05, 4.69) is 62.2 Å². The summed E-state index contributed by atoms with van der Waals surface area (Å²) in [6.07, 6.45) is 12.6. The Morgan fingerprint density at radius 1 is 0.852 bits per heavy atom. The second kappa shape index (κ2) is 9.88. The molecule has 2 rings (SSSR count). The molecule has 2 aromatic carbocycles. The Kier molecular flexibility index (Phi) is 7.27. The predicted octanol–water partition coefficient (Wildman–Crippen LogP) is 7.11. The van der Waals surface area contributed by atoms with Crippen molar-refractivity contribution < 1.29 is 0 Å². The molecule has 0 aromatic heterocycles. The highest BCUT2D eigenvalue weighted by molar-refractivity contribution is 5.89. The molecular formula is C26H25N. The van der Waals surface area contributed by atoms with Crippen molar-refractivity contribution in [2.45, 2.75) is 6.92 Å². The lowest BCUT2D eigenvalue weighted by molar-refractivity contribution is 1.49. The van der Waals surface area contributed by atoms with Gasteiger partial charge in [0.1, 0.15) is 0 Å². The molecule has 0 saturated carbocycles. The summed E-state index contributed by atoms with van der Waals surface area (Å²) in [5.41, 5.74) is 7.57. The van der Waals surface area contributed by atoms with Gasteiger partial charge in [-0.3, -0.25) is 0 Å². The SMILES string of the molecule is C=C/C=C(\c1ccc(/C(C=C)=C/C=N)cc1)c1ccccc1/C=C(\C)C=C. The molecule has 0 unspecified atom stereocenters. The third-order valence-electron chi connectivity index (χ3n) is 4.25. The van der Waals surface area contributed by atoms with E-state index in [1.165, 1.54) is 6.21 Å². The van der Waals surface area contributed by atoms with Gasteiger partial charge in [0.05, 0.1) is 0 Å². The van der Waals surface area contributed by atoms with Crippen molar-refractivity contribution in [3.8, 4) is 0 Å². The maximum Gasteiger partial charge on any atom is 0.0183 e. The quantitative estimate of drug-likeness (QED) is 0.387. The van der Waals surface area contributed by atoms with Crippen LogP contribution in [-0.2, 0) is 0 Å². The lowest BCUT2D eigenvalue weighted by atomic mass is 9.91. The van der Waals surface area contributed by atoms with Crippen LogP contribution in [-0.4, -0.2) is 6.21 Å². The molecule has 27 heavy (non-hydrogen) atoms. The van der Waals surface area contributed by atoms with E-state index in [0.29, 0.717) is 0 Å². The van der Waals surface area contributed by atoms with Crippen LogP contribution in [0, 0.1) is 5.41 Å². The molecule has 0 heterocycles. The topological polar surface area (TPSA) is 23.9 Å². The van der Waals surface area contributed by atoms with Crippen molar-refractivity contribution in [3.63, 3.8) is 0 Å². The molecule has 0 spiro atoms. The van der Waals surface area contributed by atoms with Gasteiger partial charge in [0.15, 0.2) is 0 Å². The normalized spacial score (nSPS) is 12.4. The molecule has 0 fully saturated rings. The molecule has 0 aliphatic heterocycles. The molecule has 0 aliphatic carbocycles. The van der Waals surface area contributed by atoms with Gasteiger partial charge in [-0.1, -0.05) is 104 Å². The predicted molar refractivity (Wildman–Crippen MR) is 121 cm³/mol. The Morgan fingerprint density at radius 3 is 2.11 bits per heavy atom. The van der Waals surface area contributed by atoms with E-state index in [0.717, 1.165) is 39.0 Å². The molecule has 2 aromatic rings. The second-order valence-electron chi connectivity index (χ2n) is 6.07. The average molecular weight is 351 g/mol. The first-order valence-corrected chi connectivity index (χ1v) is 8.81. The Morgan fingerprint density at radius 2 is 1.52 bits per heavy atom. The van der Waals surface area contributed by atoms with Crippen LogP contribution in [0.3, 0.4) is 0 Å². The summed E-state index contributed by atoms with van der Waals surface area (Å²) in [7, 11) is 0. The third kappa shape index (κ3) is 5.02. The molecular weight excluding hydrogens is 326 g/mol. The largest absolute Gasteiger partial charge is 0.309 e. The summed E-state index contributed by atoms with van der Waals surface area (Å²) >= 11 is 0. The van der Waals surface area contributed by atoms with E-state index in [4.69, 9.17) is 5.41 Å². The average Bonchev–Trinajstić information content (AvgIpc) is 2.71. The molecule has 0 amide bonds. The summed E-state index contributed by atoms with van der Waals surface area (Å²) in [4.78, 5) is 0.